The first-order chi connectivity index (χ1) is 12.2. The monoisotopic (exact) mass is 350 g/mol. The number of carbonyl (C=O) groups excluding carboxylic acids is 1. The van der Waals surface area contributed by atoms with Crippen LogP contribution in [-0.2, 0) is 6.42 Å². The molecule has 0 atom stereocenters. The Labute approximate surface area is 150 Å². The fourth-order valence-corrected chi connectivity index (χ4v) is 3.07. The van der Waals surface area contributed by atoms with Crippen LogP contribution in [0.25, 0.3) is 0 Å². The smallest absolute Gasteiger partial charge is 0.314 e. The number of halogens is 1. The highest BCUT2D eigenvalue weighted by Crippen LogP contribution is 2.04. The van der Waals surface area contributed by atoms with Gasteiger partial charge in [0.05, 0.1) is 0 Å². The maximum Gasteiger partial charge on any atom is 0.314 e. The van der Waals surface area contributed by atoms with Crippen molar-refractivity contribution >= 4 is 6.03 Å². The molecule has 1 saturated heterocycles. The molecule has 0 unspecified atom stereocenters. The second-order valence-corrected chi connectivity index (χ2v) is 6.55. The van der Waals surface area contributed by atoms with Crippen molar-refractivity contribution in [2.24, 2.45) is 0 Å². The molecule has 1 aromatic carbocycles. The van der Waals surface area contributed by atoms with Gasteiger partial charge in [-0.05, 0) is 50.0 Å². The van der Waals surface area contributed by atoms with Gasteiger partial charge in [0, 0.05) is 39.3 Å². The van der Waals surface area contributed by atoms with Crippen molar-refractivity contribution in [1.82, 2.24) is 20.4 Å². The summed E-state index contributed by atoms with van der Waals surface area (Å²) in [6.45, 7) is 10.3. The number of amides is 2. The zero-order chi connectivity index (χ0) is 17.9. The number of hydrogen-bond donors (Lipinski definition) is 2. The summed E-state index contributed by atoms with van der Waals surface area (Å²) in [5, 5.41) is 5.70. The molecule has 140 valence electrons. The van der Waals surface area contributed by atoms with E-state index in [1.54, 1.807) is 6.07 Å². The predicted octanol–water partition coefficient (Wildman–Crippen LogP) is 2.09. The van der Waals surface area contributed by atoms with Crippen LogP contribution in [0.2, 0.25) is 0 Å². The first kappa shape index (κ1) is 19.7. The minimum Gasteiger partial charge on any atom is -0.338 e. The normalized spacial score (nSPS) is 15.9. The molecule has 0 aliphatic carbocycles. The Kier molecular flexibility index (Phi) is 8.69. The predicted molar refractivity (Wildman–Crippen MR) is 99.3 cm³/mol. The zero-order valence-corrected chi connectivity index (χ0v) is 15.3. The number of nitrogens with one attached hydrogen (secondary N) is 2. The summed E-state index contributed by atoms with van der Waals surface area (Å²) >= 11 is 0. The van der Waals surface area contributed by atoms with E-state index >= 15 is 0 Å². The standard InChI is InChI=1S/C19H31FN4O/c1-2-23-12-14-24(15-13-23)11-4-3-9-21-19(25)22-10-8-17-6-5-7-18(20)16-17/h5-7,16H,2-4,8-15H2,1H3,(H2,21,22,25). The highest BCUT2D eigenvalue weighted by molar-refractivity contribution is 5.73. The number of unbranched alkanes of at least 4 members (excludes halogenated alkanes) is 1. The summed E-state index contributed by atoms with van der Waals surface area (Å²) in [7, 11) is 0. The molecular weight excluding hydrogens is 319 g/mol. The lowest BCUT2D eigenvalue weighted by Crippen LogP contribution is -2.46. The number of nitrogens with zero attached hydrogens (tertiary/aromatic N) is 2. The molecule has 2 N–H and O–H groups in total. The molecule has 1 fully saturated rings. The first-order valence-electron chi connectivity index (χ1n) is 9.38. The van der Waals surface area contributed by atoms with Gasteiger partial charge < -0.3 is 20.4 Å². The largest absolute Gasteiger partial charge is 0.338 e. The van der Waals surface area contributed by atoms with Crippen LogP contribution in [0.15, 0.2) is 24.3 Å². The van der Waals surface area contributed by atoms with Crippen molar-refractivity contribution in [3.8, 4) is 0 Å². The first-order valence-corrected chi connectivity index (χ1v) is 9.38. The lowest BCUT2D eigenvalue weighted by atomic mass is 10.1. The number of piperazine rings is 1. The molecule has 1 aliphatic heterocycles. The van der Waals surface area contributed by atoms with Crippen molar-refractivity contribution in [1.29, 1.82) is 0 Å². The molecule has 0 radical (unpaired) electrons. The van der Waals surface area contributed by atoms with E-state index in [0.717, 1.165) is 44.6 Å². The van der Waals surface area contributed by atoms with Gasteiger partial charge in [-0.2, -0.15) is 0 Å². The van der Waals surface area contributed by atoms with Gasteiger partial charge in [-0.3, -0.25) is 0 Å². The summed E-state index contributed by atoms with van der Waals surface area (Å²) in [4.78, 5) is 16.7. The number of carbonyl (C=O) groups is 1. The zero-order valence-electron chi connectivity index (χ0n) is 15.3. The fourth-order valence-electron chi connectivity index (χ4n) is 3.07. The van der Waals surface area contributed by atoms with Crippen LogP contribution in [0.1, 0.15) is 25.3 Å². The topological polar surface area (TPSA) is 47.6 Å². The summed E-state index contributed by atoms with van der Waals surface area (Å²) in [5.41, 5.74) is 0.892. The minimum atomic E-state index is -0.238. The van der Waals surface area contributed by atoms with Crippen molar-refractivity contribution in [3.05, 3.63) is 35.6 Å². The molecule has 2 amide bonds. The van der Waals surface area contributed by atoms with Crippen LogP contribution < -0.4 is 10.6 Å². The summed E-state index contributed by atoms with van der Waals surface area (Å²) in [6, 6.07) is 6.33. The fraction of sp³-hybridized carbons (Fsp3) is 0.632. The van der Waals surface area contributed by atoms with Crippen LogP contribution in [0, 0.1) is 5.82 Å². The maximum absolute atomic E-state index is 13.1. The summed E-state index contributed by atoms with van der Waals surface area (Å²) in [6.07, 6.45) is 2.73. The minimum absolute atomic E-state index is 0.145. The van der Waals surface area contributed by atoms with Gasteiger partial charge in [0.15, 0.2) is 0 Å². The number of hydrogen-bond acceptors (Lipinski definition) is 3. The van der Waals surface area contributed by atoms with Crippen LogP contribution in [0.5, 0.6) is 0 Å². The lowest BCUT2D eigenvalue weighted by Gasteiger charge is -2.33. The average Bonchev–Trinajstić information content (AvgIpc) is 2.62. The molecule has 25 heavy (non-hydrogen) atoms. The molecule has 1 aromatic rings. The maximum atomic E-state index is 13.1. The Bertz CT molecular complexity index is 518. The molecule has 5 nitrogen and oxygen atoms in total. The van der Waals surface area contributed by atoms with E-state index in [9.17, 15) is 9.18 Å². The van der Waals surface area contributed by atoms with Gasteiger partial charge in [-0.25, -0.2) is 9.18 Å². The highest BCUT2D eigenvalue weighted by Gasteiger charge is 2.14. The average molecular weight is 350 g/mol. The van der Waals surface area contributed by atoms with Crippen molar-refractivity contribution < 1.29 is 9.18 Å². The van der Waals surface area contributed by atoms with Crippen LogP contribution in [0.3, 0.4) is 0 Å². The Hall–Kier alpha value is -1.66. The van der Waals surface area contributed by atoms with E-state index in [2.05, 4.69) is 27.4 Å². The third-order valence-electron chi connectivity index (χ3n) is 4.69. The third kappa shape index (κ3) is 7.84. The molecule has 1 heterocycles. The molecular formula is C19H31FN4O. The Morgan fingerprint density at radius 1 is 1.08 bits per heavy atom. The second kappa shape index (κ2) is 11.1. The van der Waals surface area contributed by atoms with Crippen molar-refractivity contribution in [2.45, 2.75) is 26.2 Å². The third-order valence-corrected chi connectivity index (χ3v) is 4.69. The van der Waals surface area contributed by atoms with Crippen LogP contribution in [-0.4, -0.2) is 68.2 Å². The van der Waals surface area contributed by atoms with Gasteiger partial charge in [-0.1, -0.05) is 19.1 Å². The lowest BCUT2D eigenvalue weighted by molar-refractivity contribution is 0.135. The number of urea groups is 1. The SMILES string of the molecule is CCN1CCN(CCCCNC(=O)NCCc2cccc(F)c2)CC1. The number of rotatable bonds is 9. The summed E-state index contributed by atoms with van der Waals surface area (Å²) < 4.78 is 13.1. The quantitative estimate of drug-likeness (QED) is 0.671. The van der Waals surface area contributed by atoms with Crippen molar-refractivity contribution in [2.75, 3.05) is 52.4 Å². The summed E-state index contributed by atoms with van der Waals surface area (Å²) in [5.74, 6) is -0.238. The van der Waals surface area contributed by atoms with Gasteiger partial charge in [0.1, 0.15) is 5.82 Å². The Morgan fingerprint density at radius 2 is 1.80 bits per heavy atom. The van der Waals surface area contributed by atoms with E-state index in [1.165, 1.54) is 25.2 Å². The molecule has 2 rings (SSSR count). The highest BCUT2D eigenvalue weighted by atomic mass is 19.1. The van der Waals surface area contributed by atoms with Crippen LogP contribution in [0.4, 0.5) is 9.18 Å². The van der Waals surface area contributed by atoms with Crippen LogP contribution >= 0.6 is 0 Å². The molecule has 0 saturated carbocycles. The van der Waals surface area contributed by atoms with Gasteiger partial charge in [0.2, 0.25) is 0 Å². The van der Waals surface area contributed by atoms with Gasteiger partial charge in [-0.15, -0.1) is 0 Å². The van der Waals surface area contributed by atoms with E-state index in [-0.39, 0.29) is 11.8 Å². The van der Waals surface area contributed by atoms with E-state index in [0.29, 0.717) is 19.5 Å². The molecule has 1 aliphatic rings. The van der Waals surface area contributed by atoms with Gasteiger partial charge in [0.25, 0.3) is 0 Å². The molecule has 0 aromatic heterocycles. The van der Waals surface area contributed by atoms with Crippen molar-refractivity contribution in [3.63, 3.8) is 0 Å². The second-order valence-electron chi connectivity index (χ2n) is 6.55. The van der Waals surface area contributed by atoms with E-state index in [4.69, 9.17) is 0 Å². The van der Waals surface area contributed by atoms with E-state index < -0.39 is 0 Å². The molecule has 6 heteroatoms. The number of benzene rings is 1. The Balaban J connectivity index is 1.46. The molecule has 0 spiro atoms. The molecule has 0 bridgehead atoms. The number of likely N-dealkylation sites (N-methyl/N-ethyl adjacent to an activating group) is 1. The van der Waals surface area contributed by atoms with Gasteiger partial charge >= 0.3 is 6.03 Å². The van der Waals surface area contributed by atoms with E-state index in [1.807, 2.05) is 6.07 Å². The Morgan fingerprint density at radius 3 is 2.52 bits per heavy atom.